The van der Waals surface area contributed by atoms with Gasteiger partial charge < -0.3 is 4.90 Å². The van der Waals surface area contributed by atoms with Gasteiger partial charge in [-0.2, -0.15) is 0 Å². The van der Waals surface area contributed by atoms with Gasteiger partial charge in [-0.1, -0.05) is 42.1 Å². The zero-order chi connectivity index (χ0) is 23.6. The summed E-state index contributed by atoms with van der Waals surface area (Å²) in [5, 5.41) is 10.6. The van der Waals surface area contributed by atoms with Crippen molar-refractivity contribution in [2.24, 2.45) is 0 Å². The number of thioether (sulfide) groups is 1. The lowest BCUT2D eigenvalue weighted by Crippen LogP contribution is -2.32. The van der Waals surface area contributed by atoms with Gasteiger partial charge in [0, 0.05) is 30.2 Å². The van der Waals surface area contributed by atoms with Crippen LogP contribution in [-0.2, 0) is 4.79 Å². The smallest absolute Gasteiger partial charge is 0.233 e. The Morgan fingerprint density at radius 2 is 1.89 bits per heavy atom. The van der Waals surface area contributed by atoms with Crippen molar-refractivity contribution in [2.75, 3.05) is 12.3 Å². The Balaban J connectivity index is 1.25. The van der Waals surface area contributed by atoms with E-state index in [0.29, 0.717) is 16.7 Å². The number of aromatic nitrogens is 5. The molecule has 174 valence electrons. The second-order valence-electron chi connectivity index (χ2n) is 8.27. The van der Waals surface area contributed by atoms with Crippen LogP contribution in [0.1, 0.15) is 23.9 Å². The first kappa shape index (κ1) is 21.9. The van der Waals surface area contributed by atoms with Crippen LogP contribution in [0.5, 0.6) is 0 Å². The molecule has 0 spiro atoms. The molecule has 9 heteroatoms. The number of rotatable bonds is 6. The van der Waals surface area contributed by atoms with Gasteiger partial charge >= 0.3 is 0 Å². The van der Waals surface area contributed by atoms with Gasteiger partial charge in [0.05, 0.1) is 22.0 Å². The third-order valence-electron chi connectivity index (χ3n) is 6.06. The highest BCUT2D eigenvalue weighted by molar-refractivity contribution is 7.99. The molecule has 3 aromatic heterocycles. The van der Waals surface area contributed by atoms with Gasteiger partial charge in [-0.05, 0) is 49.2 Å². The van der Waals surface area contributed by atoms with Crippen molar-refractivity contribution in [1.29, 1.82) is 0 Å². The number of fused-ring (bicyclic) bond motifs is 1. The van der Waals surface area contributed by atoms with Crippen molar-refractivity contribution >= 4 is 39.2 Å². The monoisotopic (exact) mass is 498 g/mol. The first-order valence-electron chi connectivity index (χ1n) is 11.5. The number of thiazole rings is 1. The molecule has 0 saturated carbocycles. The molecule has 4 heterocycles. The van der Waals surface area contributed by atoms with E-state index in [2.05, 4.69) is 21.2 Å². The average Bonchev–Trinajstić information content (AvgIpc) is 3.66. The van der Waals surface area contributed by atoms with Gasteiger partial charge in [-0.3, -0.25) is 14.3 Å². The van der Waals surface area contributed by atoms with Crippen LogP contribution in [-0.4, -0.2) is 47.8 Å². The molecule has 1 fully saturated rings. The van der Waals surface area contributed by atoms with Gasteiger partial charge in [0.15, 0.2) is 11.0 Å². The molecule has 1 aliphatic heterocycles. The third kappa shape index (κ3) is 4.33. The second-order valence-corrected chi connectivity index (χ2v) is 10.3. The van der Waals surface area contributed by atoms with E-state index in [9.17, 15) is 4.79 Å². The number of amides is 1. The SMILES string of the molecule is O=C(CSc1nnc(-c2cccnc2)n1-c1ccccc1)N1CCCC1c1nc2ccccc2s1. The Hall–Kier alpha value is -3.56. The maximum absolute atomic E-state index is 13.4. The highest BCUT2D eigenvalue weighted by atomic mass is 32.2. The number of hydrogen-bond acceptors (Lipinski definition) is 7. The minimum absolute atomic E-state index is 0.0402. The molecular formula is C26H22N6OS2. The number of carbonyl (C=O) groups is 1. The maximum Gasteiger partial charge on any atom is 0.233 e. The predicted octanol–water partition coefficient (Wildman–Crippen LogP) is 5.39. The first-order chi connectivity index (χ1) is 17.3. The van der Waals surface area contributed by atoms with Crippen molar-refractivity contribution in [3.8, 4) is 17.1 Å². The summed E-state index contributed by atoms with van der Waals surface area (Å²) in [5.74, 6) is 1.09. The van der Waals surface area contributed by atoms with E-state index in [1.165, 1.54) is 11.8 Å². The fourth-order valence-corrected chi connectivity index (χ4v) is 6.37. The minimum Gasteiger partial charge on any atom is -0.332 e. The van der Waals surface area contributed by atoms with Gasteiger partial charge in [0.2, 0.25) is 5.91 Å². The fraction of sp³-hybridized carbons (Fsp3) is 0.192. The lowest BCUT2D eigenvalue weighted by Gasteiger charge is -2.23. The molecule has 35 heavy (non-hydrogen) atoms. The van der Waals surface area contributed by atoms with Crippen molar-refractivity contribution < 1.29 is 4.79 Å². The van der Waals surface area contributed by atoms with Crippen molar-refractivity contribution in [2.45, 2.75) is 24.0 Å². The molecule has 1 unspecified atom stereocenters. The van der Waals surface area contributed by atoms with Crippen LogP contribution in [0.2, 0.25) is 0 Å². The summed E-state index contributed by atoms with van der Waals surface area (Å²) < 4.78 is 3.15. The normalized spacial score (nSPS) is 15.7. The lowest BCUT2D eigenvalue weighted by molar-refractivity contribution is -0.129. The number of benzene rings is 2. The van der Waals surface area contributed by atoms with E-state index in [1.54, 1.807) is 23.7 Å². The fourth-order valence-electron chi connectivity index (χ4n) is 4.42. The summed E-state index contributed by atoms with van der Waals surface area (Å²) in [5.41, 5.74) is 2.82. The van der Waals surface area contributed by atoms with Crippen molar-refractivity contribution in [3.05, 3.63) is 84.1 Å². The molecule has 0 aliphatic carbocycles. The summed E-state index contributed by atoms with van der Waals surface area (Å²) in [4.78, 5) is 24.4. The number of pyridine rings is 1. The van der Waals surface area contributed by atoms with Crippen LogP contribution in [0, 0.1) is 0 Å². The predicted molar refractivity (Wildman–Crippen MR) is 139 cm³/mol. The molecule has 1 aliphatic rings. The van der Waals surface area contributed by atoms with E-state index < -0.39 is 0 Å². The lowest BCUT2D eigenvalue weighted by atomic mass is 10.2. The summed E-state index contributed by atoms with van der Waals surface area (Å²) in [6, 6.07) is 22.0. The molecule has 5 aromatic rings. The molecule has 1 amide bonds. The van der Waals surface area contributed by atoms with Crippen LogP contribution in [0.3, 0.4) is 0 Å². The number of nitrogens with zero attached hydrogens (tertiary/aromatic N) is 6. The van der Waals surface area contributed by atoms with Crippen molar-refractivity contribution in [1.82, 2.24) is 29.6 Å². The topological polar surface area (TPSA) is 76.8 Å². The third-order valence-corrected chi connectivity index (χ3v) is 8.11. The van der Waals surface area contributed by atoms with Gasteiger partial charge in [-0.25, -0.2) is 4.98 Å². The Labute approximate surface area is 210 Å². The highest BCUT2D eigenvalue weighted by Gasteiger charge is 2.32. The number of carbonyl (C=O) groups excluding carboxylic acids is 1. The second kappa shape index (κ2) is 9.59. The summed E-state index contributed by atoms with van der Waals surface area (Å²) in [7, 11) is 0. The number of likely N-dealkylation sites (tertiary alicyclic amines) is 1. The van der Waals surface area contributed by atoms with E-state index in [4.69, 9.17) is 4.98 Å². The minimum atomic E-state index is 0.0402. The molecule has 1 atom stereocenters. The molecule has 1 saturated heterocycles. The molecule has 7 nitrogen and oxygen atoms in total. The molecule has 0 bridgehead atoms. The number of hydrogen-bond donors (Lipinski definition) is 0. The van der Waals surface area contributed by atoms with E-state index >= 15 is 0 Å². The zero-order valence-corrected chi connectivity index (χ0v) is 20.5. The van der Waals surface area contributed by atoms with Crippen LogP contribution < -0.4 is 0 Å². The molecule has 2 aromatic carbocycles. The average molecular weight is 499 g/mol. The van der Waals surface area contributed by atoms with Crippen LogP contribution in [0.25, 0.3) is 27.3 Å². The van der Waals surface area contributed by atoms with Gasteiger partial charge in [0.25, 0.3) is 0 Å². The zero-order valence-electron chi connectivity index (χ0n) is 18.8. The van der Waals surface area contributed by atoms with E-state index in [1.807, 2.05) is 70.1 Å². The summed E-state index contributed by atoms with van der Waals surface area (Å²) in [6.07, 6.45) is 5.44. The number of para-hydroxylation sites is 2. The standard InChI is InChI=1S/C26H22N6OS2/c33-23(31-15-7-12-21(31)25-28-20-11-4-5-13-22(20)35-25)17-34-26-30-29-24(18-8-6-14-27-16-18)32(26)19-9-2-1-3-10-19/h1-6,8-11,13-14,16,21H,7,12,15,17H2. The first-order valence-corrected chi connectivity index (χ1v) is 13.3. The van der Waals surface area contributed by atoms with E-state index in [0.717, 1.165) is 45.9 Å². The largest absolute Gasteiger partial charge is 0.332 e. The molecule has 6 rings (SSSR count). The van der Waals surface area contributed by atoms with E-state index in [-0.39, 0.29) is 11.9 Å². The summed E-state index contributed by atoms with van der Waals surface area (Å²) in [6.45, 7) is 0.756. The van der Waals surface area contributed by atoms with Gasteiger partial charge in [-0.15, -0.1) is 21.5 Å². The van der Waals surface area contributed by atoms with Crippen molar-refractivity contribution in [3.63, 3.8) is 0 Å². The van der Waals surface area contributed by atoms with Crippen LogP contribution in [0.15, 0.2) is 84.3 Å². The molecule has 0 radical (unpaired) electrons. The Morgan fingerprint density at radius 1 is 1.03 bits per heavy atom. The molecular weight excluding hydrogens is 476 g/mol. The Morgan fingerprint density at radius 3 is 2.71 bits per heavy atom. The summed E-state index contributed by atoms with van der Waals surface area (Å²) >= 11 is 3.10. The highest BCUT2D eigenvalue weighted by Crippen LogP contribution is 2.37. The van der Waals surface area contributed by atoms with Crippen LogP contribution in [0.4, 0.5) is 0 Å². The Bertz CT molecular complexity index is 1430. The quantitative estimate of drug-likeness (QED) is 0.292. The molecule has 0 N–H and O–H groups in total. The maximum atomic E-state index is 13.4. The van der Waals surface area contributed by atoms with Crippen LogP contribution >= 0.6 is 23.1 Å². The Kier molecular flexibility index (Phi) is 6.01. The van der Waals surface area contributed by atoms with Gasteiger partial charge in [0.1, 0.15) is 5.01 Å².